The summed E-state index contributed by atoms with van der Waals surface area (Å²) >= 11 is 0. The zero-order valence-electron chi connectivity index (χ0n) is 18.3. The molecule has 0 radical (unpaired) electrons. The average Bonchev–Trinajstić information content (AvgIpc) is 2.96. The van der Waals surface area contributed by atoms with E-state index in [2.05, 4.69) is 80.4 Å². The summed E-state index contributed by atoms with van der Waals surface area (Å²) < 4.78 is 5.36. The van der Waals surface area contributed by atoms with Gasteiger partial charge in [0.2, 0.25) is 5.84 Å². The van der Waals surface area contributed by atoms with Crippen LogP contribution in [0.1, 0.15) is 37.4 Å². The van der Waals surface area contributed by atoms with E-state index in [1.165, 1.54) is 16.0 Å². The van der Waals surface area contributed by atoms with Crippen LogP contribution in [0.5, 0.6) is 0 Å². The smallest absolute Gasteiger partial charge is 0.376 e. The summed E-state index contributed by atoms with van der Waals surface area (Å²) in [6.45, 7) is 8.09. The molecule has 4 rings (SSSR count). The highest BCUT2D eigenvalue weighted by Crippen LogP contribution is 2.39. The zero-order chi connectivity index (χ0) is 21.3. The van der Waals surface area contributed by atoms with Gasteiger partial charge < -0.3 is 14.5 Å². The number of quaternary nitrogens is 1. The van der Waals surface area contributed by atoms with Crippen molar-refractivity contribution in [2.24, 2.45) is 5.10 Å². The average molecular weight is 408 g/mol. The number of fused-ring (bicyclic) bond motifs is 1. The van der Waals surface area contributed by atoms with Crippen molar-refractivity contribution in [2.75, 3.05) is 31.8 Å². The summed E-state index contributed by atoms with van der Waals surface area (Å²) in [7, 11) is 2.24. The molecule has 0 amide bonds. The van der Waals surface area contributed by atoms with Crippen LogP contribution in [0.3, 0.4) is 0 Å². The molecule has 1 saturated heterocycles. The molecule has 0 saturated carbocycles. The van der Waals surface area contributed by atoms with Crippen LogP contribution in [0.4, 0.5) is 5.69 Å². The number of hydrogen-bond acceptors (Lipinski definition) is 5. The number of carbonyl (C=O) groups is 1. The molecule has 0 aliphatic carbocycles. The second-order valence-electron chi connectivity index (χ2n) is 8.42. The topological polar surface area (TPSA) is 49.6 Å². The summed E-state index contributed by atoms with van der Waals surface area (Å²) in [4.78, 5) is 16.4. The van der Waals surface area contributed by atoms with Gasteiger partial charge in [-0.3, -0.25) is 0 Å². The minimum atomic E-state index is -0.463. The predicted octanol–water partition coefficient (Wildman–Crippen LogP) is 2.37. The molecule has 1 N–H and O–H groups in total. The number of likely N-dealkylation sites (N-methyl/N-ethyl adjacent to an activating group) is 1. The second kappa shape index (κ2) is 8.11. The monoisotopic (exact) mass is 407 g/mol. The third-order valence-electron chi connectivity index (χ3n) is 6.34. The van der Waals surface area contributed by atoms with Gasteiger partial charge in [0.1, 0.15) is 11.7 Å². The Bertz CT molecular complexity index is 928. The Morgan fingerprint density at radius 1 is 1.20 bits per heavy atom. The fourth-order valence-electron chi connectivity index (χ4n) is 4.62. The Kier molecular flexibility index (Phi) is 5.52. The lowest BCUT2D eigenvalue weighted by Gasteiger charge is -2.40. The number of nitrogens with one attached hydrogen (secondary N) is 1. The third-order valence-corrected chi connectivity index (χ3v) is 6.34. The first-order valence-corrected chi connectivity index (χ1v) is 10.7. The van der Waals surface area contributed by atoms with Crippen LogP contribution in [-0.2, 0) is 9.53 Å². The second-order valence-corrected chi connectivity index (χ2v) is 8.42. The van der Waals surface area contributed by atoms with Crippen LogP contribution in [0.25, 0.3) is 0 Å². The van der Waals surface area contributed by atoms with E-state index in [9.17, 15) is 4.79 Å². The highest BCUT2D eigenvalue weighted by molar-refractivity contribution is 6.36. The number of benzene rings is 2. The molecule has 2 aliphatic heterocycles. The predicted molar refractivity (Wildman–Crippen MR) is 118 cm³/mol. The normalized spacial score (nSPS) is 26.1. The number of hydrogen-bond donors (Lipinski definition) is 1. The van der Waals surface area contributed by atoms with Crippen molar-refractivity contribution in [3.05, 3.63) is 65.7 Å². The fraction of sp³-hybridized carbons (Fsp3) is 0.417. The summed E-state index contributed by atoms with van der Waals surface area (Å²) in [6, 6.07) is 19.3. The van der Waals surface area contributed by atoms with Gasteiger partial charge in [-0.1, -0.05) is 48.0 Å². The van der Waals surface area contributed by atoms with E-state index in [0.29, 0.717) is 18.5 Å². The highest BCUT2D eigenvalue weighted by Gasteiger charge is 2.52. The first kappa shape index (κ1) is 20.4. The van der Waals surface area contributed by atoms with E-state index in [4.69, 9.17) is 9.84 Å². The van der Waals surface area contributed by atoms with Gasteiger partial charge in [-0.15, -0.1) is 5.10 Å². The standard InChI is InChI=1S/C24H30N4O2/c1-5-30-23(29)22-25-28(20-13-11-18(2)12-14-20)24(3)17-21(19-9-7-6-8-10-19)26(4)15-16-27(22)24/h6-14,21H,5,15-17H2,1-4H3/p+1. The minimum Gasteiger partial charge on any atom is -0.460 e. The van der Waals surface area contributed by atoms with E-state index in [0.717, 1.165) is 25.2 Å². The van der Waals surface area contributed by atoms with E-state index in [1.54, 1.807) is 0 Å². The van der Waals surface area contributed by atoms with Crippen molar-refractivity contribution < 1.29 is 14.4 Å². The van der Waals surface area contributed by atoms with Crippen molar-refractivity contribution in [1.29, 1.82) is 0 Å². The number of amidine groups is 1. The molecular formula is C24H31N4O2+. The number of nitrogens with zero attached hydrogens (tertiary/aromatic N) is 3. The lowest BCUT2D eigenvalue weighted by Crippen LogP contribution is -3.09. The van der Waals surface area contributed by atoms with Gasteiger partial charge in [0.05, 0.1) is 32.4 Å². The molecule has 3 atom stereocenters. The maximum atomic E-state index is 12.8. The number of hydrazone groups is 1. The van der Waals surface area contributed by atoms with Gasteiger partial charge in [-0.05, 0) is 32.9 Å². The van der Waals surface area contributed by atoms with E-state index >= 15 is 0 Å². The van der Waals surface area contributed by atoms with Crippen molar-refractivity contribution >= 4 is 17.5 Å². The number of aryl methyl sites for hydroxylation is 1. The van der Waals surface area contributed by atoms with E-state index in [1.807, 2.05) is 11.9 Å². The van der Waals surface area contributed by atoms with Crippen molar-refractivity contribution in [1.82, 2.24) is 4.90 Å². The van der Waals surface area contributed by atoms with Crippen LogP contribution in [0.2, 0.25) is 0 Å². The van der Waals surface area contributed by atoms with Gasteiger partial charge in [-0.2, -0.15) is 0 Å². The fourth-order valence-corrected chi connectivity index (χ4v) is 4.62. The molecule has 6 heteroatoms. The summed E-state index contributed by atoms with van der Waals surface area (Å²) in [5.41, 5.74) is 3.03. The maximum absolute atomic E-state index is 12.8. The molecule has 0 aromatic heterocycles. The van der Waals surface area contributed by atoms with Crippen LogP contribution in [0.15, 0.2) is 59.7 Å². The number of esters is 1. The maximum Gasteiger partial charge on any atom is 0.376 e. The van der Waals surface area contributed by atoms with E-state index in [-0.39, 0.29) is 5.97 Å². The Morgan fingerprint density at radius 3 is 2.57 bits per heavy atom. The van der Waals surface area contributed by atoms with Crippen LogP contribution >= 0.6 is 0 Å². The zero-order valence-corrected chi connectivity index (χ0v) is 18.3. The molecule has 30 heavy (non-hydrogen) atoms. The molecule has 3 unspecified atom stereocenters. The molecule has 1 fully saturated rings. The highest BCUT2D eigenvalue weighted by atomic mass is 16.5. The largest absolute Gasteiger partial charge is 0.460 e. The van der Waals surface area contributed by atoms with Gasteiger partial charge in [0.25, 0.3) is 0 Å². The molecule has 0 bridgehead atoms. The molecule has 0 spiro atoms. The number of carbonyl (C=O) groups excluding carboxylic acids is 1. The quantitative estimate of drug-likeness (QED) is 0.791. The molecule has 158 valence electrons. The Hall–Kier alpha value is -2.86. The first-order chi connectivity index (χ1) is 14.4. The van der Waals surface area contributed by atoms with Gasteiger partial charge in [0, 0.05) is 12.0 Å². The minimum absolute atomic E-state index is 0.297. The van der Waals surface area contributed by atoms with Crippen LogP contribution in [0, 0.1) is 6.92 Å². The van der Waals surface area contributed by atoms with E-state index < -0.39 is 5.66 Å². The molecule has 2 aliphatic rings. The Labute approximate surface area is 178 Å². The van der Waals surface area contributed by atoms with Crippen LogP contribution < -0.4 is 9.91 Å². The summed E-state index contributed by atoms with van der Waals surface area (Å²) in [5, 5.41) is 6.83. The molecule has 6 nitrogen and oxygen atoms in total. The molecule has 2 aromatic rings. The third kappa shape index (κ3) is 3.56. The molecule has 2 aromatic carbocycles. The summed E-state index contributed by atoms with van der Waals surface area (Å²) in [6.07, 6.45) is 0.836. The van der Waals surface area contributed by atoms with Gasteiger partial charge in [-0.25, -0.2) is 9.80 Å². The van der Waals surface area contributed by atoms with Gasteiger partial charge in [0.15, 0.2) is 0 Å². The number of anilines is 1. The Morgan fingerprint density at radius 2 is 1.90 bits per heavy atom. The molecule has 2 heterocycles. The molecular weight excluding hydrogens is 376 g/mol. The van der Waals surface area contributed by atoms with Crippen molar-refractivity contribution in [3.63, 3.8) is 0 Å². The lowest BCUT2D eigenvalue weighted by molar-refractivity contribution is -0.910. The van der Waals surface area contributed by atoms with Crippen molar-refractivity contribution in [2.45, 2.75) is 38.9 Å². The lowest BCUT2D eigenvalue weighted by atomic mass is 9.94. The SMILES string of the molecule is CCOC(=O)C1=NN(c2ccc(C)cc2)C2(C)CC(c3ccccc3)[NH+](C)CCN12. The first-order valence-electron chi connectivity index (χ1n) is 10.7. The van der Waals surface area contributed by atoms with Gasteiger partial charge >= 0.3 is 5.97 Å². The van der Waals surface area contributed by atoms with Crippen molar-refractivity contribution in [3.8, 4) is 0 Å². The van der Waals surface area contributed by atoms with Crippen LogP contribution in [-0.4, -0.2) is 49.1 Å². The summed E-state index contributed by atoms with van der Waals surface area (Å²) in [5.74, 6) is 0.0515. The Balaban J connectivity index is 1.78. The number of rotatable bonds is 4. The number of ether oxygens (including phenoxy) is 1.